The van der Waals surface area contributed by atoms with Crippen LogP contribution in [0.3, 0.4) is 0 Å². The number of hydrogen-bond donors (Lipinski definition) is 0. The van der Waals surface area contributed by atoms with Gasteiger partial charge in [0.1, 0.15) is 11.9 Å². The van der Waals surface area contributed by atoms with Crippen molar-refractivity contribution in [3.05, 3.63) is 24.0 Å². The molecule has 0 spiro atoms. The van der Waals surface area contributed by atoms with Crippen LogP contribution in [0.25, 0.3) is 0 Å². The molecule has 1 aliphatic rings. The number of likely N-dealkylation sites (tertiary alicyclic amines) is 1. The second kappa shape index (κ2) is 6.60. The maximum Gasteiger partial charge on any atom is 0.147 e. The summed E-state index contributed by atoms with van der Waals surface area (Å²) in [5.74, 6) is 1.18. The molecular weight excluding hydrogens is 214 g/mol. The Labute approximate surface area is 104 Å². The van der Waals surface area contributed by atoms with E-state index in [0.717, 1.165) is 25.1 Å². The highest BCUT2D eigenvalue weighted by molar-refractivity contribution is 5.81. The average Bonchev–Trinajstić information content (AvgIpc) is 2.60. The van der Waals surface area contributed by atoms with E-state index in [-0.39, 0.29) is 17.9 Å². The largest absolute Gasteiger partial charge is 0.494 e. The van der Waals surface area contributed by atoms with Crippen molar-refractivity contribution in [3.63, 3.8) is 0 Å². The van der Waals surface area contributed by atoms with Crippen LogP contribution in [0.5, 0.6) is 0 Å². The summed E-state index contributed by atoms with van der Waals surface area (Å²) in [6.45, 7) is 6.47. The summed E-state index contributed by atoms with van der Waals surface area (Å²) >= 11 is 0. The Morgan fingerprint density at radius 2 is 2.18 bits per heavy atom. The number of hydrogen-bond acceptors (Lipinski definition) is 3. The van der Waals surface area contributed by atoms with E-state index in [9.17, 15) is 4.79 Å². The molecule has 1 rings (SSSR count). The van der Waals surface area contributed by atoms with Crippen molar-refractivity contribution in [1.82, 2.24) is 4.90 Å². The minimum absolute atomic E-state index is 0.0309. The number of likely N-dealkylation sites (N-methyl/N-ethyl adjacent to an activating group) is 1. The van der Waals surface area contributed by atoms with Crippen LogP contribution in [-0.2, 0) is 9.53 Å². The Balaban J connectivity index is 2.44. The zero-order chi connectivity index (χ0) is 12.8. The van der Waals surface area contributed by atoms with Gasteiger partial charge in [-0.15, -0.1) is 0 Å². The van der Waals surface area contributed by atoms with Crippen molar-refractivity contribution in [1.29, 1.82) is 0 Å². The molecule has 0 bridgehead atoms. The molecule has 3 heteroatoms. The maximum absolute atomic E-state index is 11.4. The number of rotatable bonds is 5. The van der Waals surface area contributed by atoms with Crippen LogP contribution in [0, 0.1) is 0 Å². The number of ether oxygens (including phenoxy) is 1. The van der Waals surface area contributed by atoms with E-state index in [1.807, 2.05) is 27.0 Å². The topological polar surface area (TPSA) is 29.5 Å². The molecule has 1 aliphatic heterocycles. The summed E-state index contributed by atoms with van der Waals surface area (Å²) in [5, 5.41) is 0. The summed E-state index contributed by atoms with van der Waals surface area (Å²) in [7, 11) is 1.98. The first kappa shape index (κ1) is 14.0. The molecule has 0 saturated carbocycles. The highest BCUT2D eigenvalue weighted by Gasteiger charge is 2.33. The summed E-state index contributed by atoms with van der Waals surface area (Å²) < 4.78 is 5.84. The van der Waals surface area contributed by atoms with Crippen LogP contribution in [-0.4, -0.2) is 36.4 Å². The molecule has 2 atom stereocenters. The molecule has 0 N–H and O–H groups in total. The smallest absolute Gasteiger partial charge is 0.147 e. The van der Waals surface area contributed by atoms with E-state index in [2.05, 4.69) is 17.1 Å². The molecule has 1 saturated heterocycles. The molecule has 96 valence electrons. The molecule has 0 radical (unpaired) electrons. The van der Waals surface area contributed by atoms with Crippen LogP contribution in [0.4, 0.5) is 0 Å². The third-order valence-corrected chi connectivity index (χ3v) is 3.11. The van der Waals surface area contributed by atoms with Crippen molar-refractivity contribution in [2.45, 2.75) is 45.8 Å². The Morgan fingerprint density at radius 1 is 1.47 bits per heavy atom. The van der Waals surface area contributed by atoms with Gasteiger partial charge in [-0.1, -0.05) is 12.2 Å². The third-order valence-electron chi connectivity index (χ3n) is 3.11. The Morgan fingerprint density at radius 3 is 2.71 bits per heavy atom. The van der Waals surface area contributed by atoms with Crippen LogP contribution in [0.1, 0.15) is 33.6 Å². The number of Topliss-reactive ketones (excluding diaryl/α,β-unsaturated/α-hetero) is 1. The molecule has 0 aromatic carbocycles. The van der Waals surface area contributed by atoms with Gasteiger partial charge in [0, 0.05) is 13.0 Å². The molecule has 0 aromatic rings. The maximum atomic E-state index is 11.4. The fourth-order valence-corrected chi connectivity index (χ4v) is 2.19. The first-order chi connectivity index (χ1) is 8.04. The van der Waals surface area contributed by atoms with E-state index in [1.165, 1.54) is 0 Å². The van der Waals surface area contributed by atoms with Crippen molar-refractivity contribution in [3.8, 4) is 0 Å². The van der Waals surface area contributed by atoms with Crippen molar-refractivity contribution in [2.75, 3.05) is 13.6 Å². The highest BCUT2D eigenvalue weighted by Crippen LogP contribution is 2.21. The molecule has 1 heterocycles. The normalized spacial score (nSPS) is 26.7. The van der Waals surface area contributed by atoms with E-state index < -0.39 is 0 Å². The quantitative estimate of drug-likeness (QED) is 0.543. The van der Waals surface area contributed by atoms with Gasteiger partial charge in [0.2, 0.25) is 0 Å². The summed E-state index contributed by atoms with van der Waals surface area (Å²) in [4.78, 5) is 13.5. The third kappa shape index (κ3) is 4.35. The van der Waals surface area contributed by atoms with Crippen LogP contribution in [0.15, 0.2) is 24.0 Å². The van der Waals surface area contributed by atoms with E-state index in [4.69, 9.17) is 4.74 Å². The first-order valence-electron chi connectivity index (χ1n) is 6.19. The lowest BCUT2D eigenvalue weighted by Gasteiger charge is -2.14. The second-order valence-corrected chi connectivity index (χ2v) is 4.66. The fourth-order valence-electron chi connectivity index (χ4n) is 2.19. The predicted octanol–water partition coefficient (Wildman–Crippen LogP) is 2.53. The van der Waals surface area contributed by atoms with Gasteiger partial charge in [0.15, 0.2) is 0 Å². The van der Waals surface area contributed by atoms with Gasteiger partial charge in [-0.25, -0.2) is 0 Å². The van der Waals surface area contributed by atoms with E-state index >= 15 is 0 Å². The molecule has 0 aromatic heterocycles. The predicted molar refractivity (Wildman–Crippen MR) is 69.8 cm³/mol. The minimum Gasteiger partial charge on any atom is -0.494 e. The molecule has 1 fully saturated rings. The molecule has 2 unspecified atom stereocenters. The van der Waals surface area contributed by atoms with Gasteiger partial charge in [-0.3, -0.25) is 9.69 Å². The van der Waals surface area contributed by atoms with Crippen molar-refractivity contribution < 1.29 is 9.53 Å². The van der Waals surface area contributed by atoms with Crippen LogP contribution in [0.2, 0.25) is 0 Å². The minimum atomic E-state index is 0.0309. The zero-order valence-electron chi connectivity index (χ0n) is 11.3. The number of ketones is 1. The number of carbonyl (C=O) groups excluding carboxylic acids is 1. The zero-order valence-corrected chi connectivity index (χ0v) is 11.3. The number of allylic oxidation sites excluding steroid dienone is 4. The average molecular weight is 237 g/mol. The lowest BCUT2D eigenvalue weighted by Crippen LogP contribution is -2.30. The molecular formula is C14H23NO2. The van der Waals surface area contributed by atoms with Gasteiger partial charge in [-0.05, 0) is 40.3 Å². The first-order valence-corrected chi connectivity index (χ1v) is 6.19. The SMILES string of the molecule is C/C=C\C/C=C(\C)OC1CC(C(C)=O)N(C)C1. The number of nitrogens with zero attached hydrogens (tertiary/aromatic N) is 1. The summed E-state index contributed by atoms with van der Waals surface area (Å²) in [6, 6.07) is 0.0309. The Bertz CT molecular complexity index is 320. The van der Waals surface area contributed by atoms with Gasteiger partial charge in [-0.2, -0.15) is 0 Å². The Hall–Kier alpha value is -1.09. The standard InChI is InChI=1S/C14H23NO2/c1-5-6-7-8-11(2)17-13-9-14(12(3)16)15(4)10-13/h5-6,8,13-14H,7,9-10H2,1-4H3/b6-5-,11-8+. The van der Waals surface area contributed by atoms with E-state index in [0.29, 0.717) is 0 Å². The van der Waals surface area contributed by atoms with Gasteiger partial charge in [0.05, 0.1) is 11.8 Å². The monoisotopic (exact) mass is 237 g/mol. The van der Waals surface area contributed by atoms with Crippen LogP contribution < -0.4 is 0 Å². The lowest BCUT2D eigenvalue weighted by molar-refractivity contribution is -0.120. The molecule has 17 heavy (non-hydrogen) atoms. The van der Waals surface area contributed by atoms with Gasteiger partial charge in [0.25, 0.3) is 0 Å². The molecule has 0 aliphatic carbocycles. The molecule has 3 nitrogen and oxygen atoms in total. The van der Waals surface area contributed by atoms with Gasteiger partial charge >= 0.3 is 0 Å². The Kier molecular flexibility index (Phi) is 5.42. The van der Waals surface area contributed by atoms with E-state index in [1.54, 1.807) is 6.92 Å². The van der Waals surface area contributed by atoms with Gasteiger partial charge < -0.3 is 4.74 Å². The molecule has 0 amide bonds. The van der Waals surface area contributed by atoms with Crippen molar-refractivity contribution in [2.24, 2.45) is 0 Å². The van der Waals surface area contributed by atoms with Crippen LogP contribution >= 0.6 is 0 Å². The lowest BCUT2D eigenvalue weighted by atomic mass is 10.1. The van der Waals surface area contributed by atoms with Crippen molar-refractivity contribution >= 4 is 5.78 Å². The summed E-state index contributed by atoms with van der Waals surface area (Å²) in [5.41, 5.74) is 0. The fraction of sp³-hybridized carbons (Fsp3) is 0.643. The number of carbonyl (C=O) groups is 1. The summed E-state index contributed by atoms with van der Waals surface area (Å²) in [6.07, 6.45) is 8.05. The highest BCUT2D eigenvalue weighted by atomic mass is 16.5. The second-order valence-electron chi connectivity index (χ2n) is 4.66.